The number of hydrogen-bond acceptors (Lipinski definition) is 4. The van der Waals surface area contributed by atoms with Gasteiger partial charge in [0.25, 0.3) is 11.1 Å². The summed E-state index contributed by atoms with van der Waals surface area (Å²) in [5.74, 6) is -0.271. The minimum absolute atomic E-state index is 0.0755. The minimum atomic E-state index is -0.346. The zero-order valence-corrected chi connectivity index (χ0v) is 18.3. The number of nitrogens with zero attached hydrogens (tertiary/aromatic N) is 1. The number of rotatable bonds is 5. The van der Waals surface area contributed by atoms with Crippen molar-refractivity contribution < 1.29 is 14.7 Å². The molecule has 150 valence electrons. The van der Waals surface area contributed by atoms with Crippen LogP contribution < -0.4 is 0 Å². The number of aromatic hydroxyl groups is 1. The summed E-state index contributed by atoms with van der Waals surface area (Å²) in [6, 6.07) is 22.8. The highest BCUT2D eigenvalue weighted by molar-refractivity contribution is 9.10. The van der Waals surface area contributed by atoms with Crippen LogP contribution in [-0.4, -0.2) is 21.2 Å². The summed E-state index contributed by atoms with van der Waals surface area (Å²) in [7, 11) is 0. The lowest BCUT2D eigenvalue weighted by atomic mass is 10.0. The monoisotopic (exact) mass is 479 g/mol. The van der Waals surface area contributed by atoms with E-state index < -0.39 is 0 Å². The van der Waals surface area contributed by atoms with Crippen molar-refractivity contribution in [1.82, 2.24) is 4.90 Å². The standard InChI is InChI=1S/C24H18BrNO3S/c25-20-9-6-17(7-10-20)15-26-23(28)22(30-24(26)29)14-19-13-18(8-11-21(19)27)12-16-4-2-1-3-5-16/h1-11,13-14,27H,12,15H2/b22-14-. The first-order valence-corrected chi connectivity index (χ1v) is 11.0. The number of thioether (sulfide) groups is 1. The summed E-state index contributed by atoms with van der Waals surface area (Å²) >= 11 is 4.27. The third kappa shape index (κ3) is 4.66. The molecule has 30 heavy (non-hydrogen) atoms. The third-order valence-corrected chi connectivity index (χ3v) is 6.19. The molecular weight excluding hydrogens is 462 g/mol. The Labute approximate surface area is 187 Å². The van der Waals surface area contributed by atoms with Gasteiger partial charge in [-0.2, -0.15) is 0 Å². The molecule has 1 fully saturated rings. The Bertz CT molecular complexity index is 1130. The van der Waals surface area contributed by atoms with E-state index in [-0.39, 0.29) is 23.4 Å². The molecule has 4 nitrogen and oxygen atoms in total. The van der Waals surface area contributed by atoms with E-state index in [0.29, 0.717) is 16.9 Å². The number of carbonyl (C=O) groups excluding carboxylic acids is 2. The molecule has 0 radical (unpaired) electrons. The first-order chi connectivity index (χ1) is 14.5. The fourth-order valence-electron chi connectivity index (χ4n) is 3.21. The second-order valence-electron chi connectivity index (χ2n) is 6.95. The predicted molar refractivity (Wildman–Crippen MR) is 123 cm³/mol. The topological polar surface area (TPSA) is 57.6 Å². The first kappa shape index (κ1) is 20.4. The SMILES string of the molecule is O=C1S/C(=C\c2cc(Cc3ccccc3)ccc2O)C(=O)N1Cc1ccc(Br)cc1. The molecule has 0 aliphatic carbocycles. The van der Waals surface area contributed by atoms with Crippen molar-refractivity contribution in [3.63, 3.8) is 0 Å². The lowest BCUT2D eigenvalue weighted by Gasteiger charge is -2.12. The van der Waals surface area contributed by atoms with Gasteiger partial charge in [-0.25, -0.2) is 0 Å². The van der Waals surface area contributed by atoms with Crippen LogP contribution in [0.2, 0.25) is 0 Å². The van der Waals surface area contributed by atoms with E-state index >= 15 is 0 Å². The molecule has 0 saturated carbocycles. The predicted octanol–water partition coefficient (Wildman–Crippen LogP) is 5.98. The van der Waals surface area contributed by atoms with Gasteiger partial charge in [0.1, 0.15) is 5.75 Å². The highest BCUT2D eigenvalue weighted by atomic mass is 79.9. The summed E-state index contributed by atoms with van der Waals surface area (Å²) in [5, 5.41) is 9.96. The van der Waals surface area contributed by atoms with Gasteiger partial charge < -0.3 is 5.11 Å². The Kier molecular flexibility index (Phi) is 6.06. The number of hydrogen-bond donors (Lipinski definition) is 1. The highest BCUT2D eigenvalue weighted by Gasteiger charge is 2.35. The molecule has 0 aromatic heterocycles. The van der Waals surface area contributed by atoms with Crippen LogP contribution in [0.4, 0.5) is 4.79 Å². The summed E-state index contributed by atoms with van der Waals surface area (Å²) in [4.78, 5) is 26.7. The second-order valence-corrected chi connectivity index (χ2v) is 8.86. The van der Waals surface area contributed by atoms with E-state index in [9.17, 15) is 14.7 Å². The number of halogens is 1. The quantitative estimate of drug-likeness (QED) is 0.457. The number of benzene rings is 3. The number of imide groups is 1. The molecule has 0 unspecified atom stereocenters. The van der Waals surface area contributed by atoms with E-state index in [0.717, 1.165) is 32.9 Å². The molecule has 1 heterocycles. The average Bonchev–Trinajstić information content (AvgIpc) is 3.00. The molecule has 0 bridgehead atoms. The summed E-state index contributed by atoms with van der Waals surface area (Å²) in [6.07, 6.45) is 2.31. The molecule has 6 heteroatoms. The van der Waals surface area contributed by atoms with Crippen LogP contribution in [0.15, 0.2) is 82.2 Å². The van der Waals surface area contributed by atoms with Crippen molar-refractivity contribution >= 4 is 44.9 Å². The Morgan fingerprint density at radius 1 is 0.900 bits per heavy atom. The molecule has 0 spiro atoms. The first-order valence-electron chi connectivity index (χ1n) is 9.35. The van der Waals surface area contributed by atoms with Crippen molar-refractivity contribution in [2.75, 3.05) is 0 Å². The maximum Gasteiger partial charge on any atom is 0.293 e. The summed E-state index contributed by atoms with van der Waals surface area (Å²) < 4.78 is 0.936. The van der Waals surface area contributed by atoms with E-state index in [1.165, 1.54) is 4.90 Å². The number of carbonyl (C=O) groups is 2. The normalized spacial score (nSPS) is 15.2. The smallest absolute Gasteiger partial charge is 0.293 e. The van der Waals surface area contributed by atoms with Crippen LogP contribution in [0, 0.1) is 0 Å². The van der Waals surface area contributed by atoms with Crippen LogP contribution in [0.3, 0.4) is 0 Å². The van der Waals surface area contributed by atoms with Gasteiger partial charge in [0, 0.05) is 10.0 Å². The fraction of sp³-hybridized carbons (Fsp3) is 0.0833. The van der Waals surface area contributed by atoms with E-state index in [2.05, 4.69) is 15.9 Å². The molecule has 1 aliphatic heterocycles. The Morgan fingerprint density at radius 2 is 1.60 bits per heavy atom. The Hall–Kier alpha value is -2.83. The van der Waals surface area contributed by atoms with Gasteiger partial charge in [-0.05, 0) is 65.2 Å². The summed E-state index contributed by atoms with van der Waals surface area (Å²) in [5.41, 5.74) is 3.57. The van der Waals surface area contributed by atoms with E-state index in [4.69, 9.17) is 0 Å². The van der Waals surface area contributed by atoms with Crippen molar-refractivity contribution in [2.24, 2.45) is 0 Å². The molecule has 3 aromatic carbocycles. The van der Waals surface area contributed by atoms with Gasteiger partial charge in [0.2, 0.25) is 0 Å². The van der Waals surface area contributed by atoms with E-state index in [1.54, 1.807) is 12.1 Å². The summed E-state index contributed by atoms with van der Waals surface area (Å²) in [6.45, 7) is 0.218. The maximum atomic E-state index is 12.8. The van der Waals surface area contributed by atoms with Gasteiger partial charge in [-0.3, -0.25) is 14.5 Å². The molecule has 2 amide bonds. The third-order valence-electron chi connectivity index (χ3n) is 4.76. The number of phenolic OH excluding ortho intramolecular Hbond substituents is 1. The van der Waals surface area contributed by atoms with Gasteiger partial charge in [0.15, 0.2) is 0 Å². The molecule has 1 aliphatic rings. The lowest BCUT2D eigenvalue weighted by Crippen LogP contribution is -2.27. The Balaban J connectivity index is 1.55. The van der Waals surface area contributed by atoms with Gasteiger partial charge in [-0.15, -0.1) is 0 Å². The van der Waals surface area contributed by atoms with Gasteiger partial charge in [0.05, 0.1) is 11.4 Å². The lowest BCUT2D eigenvalue weighted by molar-refractivity contribution is -0.123. The molecule has 1 saturated heterocycles. The van der Waals surface area contributed by atoms with Crippen LogP contribution in [0.5, 0.6) is 5.75 Å². The van der Waals surface area contributed by atoms with Crippen LogP contribution >= 0.6 is 27.7 Å². The van der Waals surface area contributed by atoms with Gasteiger partial charge >= 0.3 is 0 Å². The van der Waals surface area contributed by atoms with Crippen molar-refractivity contribution in [1.29, 1.82) is 0 Å². The zero-order valence-electron chi connectivity index (χ0n) is 15.9. The van der Waals surface area contributed by atoms with Crippen LogP contribution in [-0.2, 0) is 17.8 Å². The number of amides is 2. The minimum Gasteiger partial charge on any atom is -0.507 e. The van der Waals surface area contributed by atoms with Crippen molar-refractivity contribution in [3.05, 3.63) is 104 Å². The average molecular weight is 480 g/mol. The van der Waals surface area contributed by atoms with Crippen molar-refractivity contribution in [3.8, 4) is 5.75 Å². The zero-order chi connectivity index (χ0) is 21.1. The van der Waals surface area contributed by atoms with E-state index in [1.807, 2.05) is 66.7 Å². The highest BCUT2D eigenvalue weighted by Crippen LogP contribution is 2.35. The van der Waals surface area contributed by atoms with Crippen molar-refractivity contribution in [2.45, 2.75) is 13.0 Å². The largest absolute Gasteiger partial charge is 0.507 e. The Morgan fingerprint density at radius 3 is 2.33 bits per heavy atom. The molecular formula is C24H18BrNO3S. The second kappa shape index (κ2) is 8.90. The fourth-order valence-corrected chi connectivity index (χ4v) is 4.30. The number of phenols is 1. The molecule has 1 N–H and O–H groups in total. The molecule has 3 aromatic rings. The maximum absolute atomic E-state index is 12.8. The van der Waals surface area contributed by atoms with Crippen LogP contribution in [0.25, 0.3) is 6.08 Å². The molecule has 0 atom stereocenters. The van der Waals surface area contributed by atoms with Gasteiger partial charge in [-0.1, -0.05) is 64.5 Å². The van der Waals surface area contributed by atoms with Crippen LogP contribution in [0.1, 0.15) is 22.3 Å². The molecule has 4 rings (SSSR count).